The van der Waals surface area contributed by atoms with Crippen molar-refractivity contribution in [2.45, 2.75) is 12.8 Å². The maximum Gasteiger partial charge on any atom is 0.258 e. The van der Waals surface area contributed by atoms with Gasteiger partial charge in [0.2, 0.25) is 11.9 Å². The lowest BCUT2D eigenvalue weighted by molar-refractivity contribution is -0.117. The number of hydrogen-bond acceptors (Lipinski definition) is 6. The highest BCUT2D eigenvalue weighted by atomic mass is 19.1. The Labute approximate surface area is 252 Å². The molecule has 0 saturated carbocycles. The van der Waals surface area contributed by atoms with E-state index in [1.807, 2.05) is 71.3 Å². The molecule has 0 radical (unpaired) electrons. The Bertz CT molecular complexity index is 2040. The van der Waals surface area contributed by atoms with Crippen molar-refractivity contribution in [3.63, 3.8) is 0 Å². The van der Waals surface area contributed by atoms with E-state index in [4.69, 9.17) is 9.97 Å². The predicted molar refractivity (Wildman–Crippen MR) is 167 cm³/mol. The highest BCUT2D eigenvalue weighted by molar-refractivity contribution is 6.04. The lowest BCUT2D eigenvalue weighted by Gasteiger charge is -2.17. The lowest BCUT2D eigenvalue weighted by Crippen LogP contribution is -2.23. The summed E-state index contributed by atoms with van der Waals surface area (Å²) < 4.78 is 16.2. The maximum absolute atomic E-state index is 14.2. The molecule has 2 amide bonds. The second-order valence-corrected chi connectivity index (χ2v) is 10.3. The fourth-order valence-corrected chi connectivity index (χ4v) is 5.38. The van der Waals surface area contributed by atoms with Crippen molar-refractivity contribution in [3.8, 4) is 22.6 Å². The molecule has 0 bridgehead atoms. The average Bonchev–Trinajstić information content (AvgIpc) is 3.65. The van der Waals surface area contributed by atoms with Gasteiger partial charge in [-0.15, -0.1) is 0 Å². The number of pyridine rings is 1. The number of aromatic nitrogens is 4. The number of anilines is 4. The number of nitrogens with zero attached hydrogens (tertiary/aromatic N) is 5. The monoisotopic (exact) mass is 583 g/mol. The average molecular weight is 584 g/mol. The first kappa shape index (κ1) is 27.0. The summed E-state index contributed by atoms with van der Waals surface area (Å²) in [6.45, 7) is 0.708. The van der Waals surface area contributed by atoms with Gasteiger partial charge in [0.25, 0.3) is 5.91 Å². The normalized spacial score (nSPS) is 12.9. The number of carbonyl (C=O) groups excluding carboxylic acids is 2. The van der Waals surface area contributed by atoms with Gasteiger partial charge in [-0.2, -0.15) is 0 Å². The number of hydrogen-bond donors (Lipinski definition) is 2. The zero-order valence-corrected chi connectivity index (χ0v) is 23.4. The summed E-state index contributed by atoms with van der Waals surface area (Å²) >= 11 is 0. The van der Waals surface area contributed by atoms with E-state index < -0.39 is 11.7 Å². The highest BCUT2D eigenvalue weighted by Crippen LogP contribution is 2.34. The Morgan fingerprint density at radius 3 is 2.57 bits per heavy atom. The van der Waals surface area contributed by atoms with Crippen LogP contribution in [0.25, 0.3) is 28.3 Å². The summed E-state index contributed by atoms with van der Waals surface area (Å²) in [5, 5.41) is 6.07. The molecule has 1 aliphatic rings. The predicted octanol–water partition coefficient (Wildman–Crippen LogP) is 6.72. The molecule has 0 atom stereocenters. The van der Waals surface area contributed by atoms with Crippen molar-refractivity contribution < 1.29 is 14.0 Å². The number of fused-ring (bicyclic) bond motifs is 1. The van der Waals surface area contributed by atoms with E-state index >= 15 is 0 Å². The zero-order chi connectivity index (χ0) is 30.0. The van der Waals surface area contributed by atoms with Crippen LogP contribution in [-0.4, -0.2) is 37.7 Å². The fourth-order valence-electron chi connectivity index (χ4n) is 5.38. The second-order valence-electron chi connectivity index (χ2n) is 10.3. The molecule has 9 nitrogen and oxygen atoms in total. The third-order valence-corrected chi connectivity index (χ3v) is 7.43. The van der Waals surface area contributed by atoms with Gasteiger partial charge in [-0.3, -0.25) is 14.0 Å². The molecule has 1 aliphatic heterocycles. The van der Waals surface area contributed by atoms with Crippen LogP contribution in [0.1, 0.15) is 23.2 Å². The molecule has 3 aromatic heterocycles. The van der Waals surface area contributed by atoms with Gasteiger partial charge in [0, 0.05) is 48.0 Å². The number of amides is 2. The number of halogens is 1. The molecule has 10 heteroatoms. The Kier molecular flexibility index (Phi) is 6.99. The molecule has 1 fully saturated rings. The molecule has 0 unspecified atom stereocenters. The van der Waals surface area contributed by atoms with E-state index in [9.17, 15) is 14.0 Å². The quantitative estimate of drug-likeness (QED) is 0.216. The summed E-state index contributed by atoms with van der Waals surface area (Å²) in [5.74, 6) is -0.625. The van der Waals surface area contributed by atoms with Gasteiger partial charge in [-0.05, 0) is 67.1 Å². The second kappa shape index (κ2) is 11.4. The van der Waals surface area contributed by atoms with Gasteiger partial charge in [0.05, 0.1) is 22.6 Å². The Balaban J connectivity index is 1.23. The smallest absolute Gasteiger partial charge is 0.258 e. The summed E-state index contributed by atoms with van der Waals surface area (Å²) in [4.78, 5) is 41.0. The number of imidazole rings is 1. The van der Waals surface area contributed by atoms with Crippen molar-refractivity contribution in [3.05, 3.63) is 121 Å². The minimum absolute atomic E-state index is 0.0371. The van der Waals surface area contributed by atoms with Crippen molar-refractivity contribution >= 4 is 40.5 Å². The summed E-state index contributed by atoms with van der Waals surface area (Å²) in [6, 6.07) is 28.3. The van der Waals surface area contributed by atoms with Crippen molar-refractivity contribution in [2.75, 3.05) is 22.1 Å². The first-order valence-corrected chi connectivity index (χ1v) is 14.2. The minimum atomic E-state index is -0.590. The molecule has 4 heterocycles. The van der Waals surface area contributed by atoms with Crippen LogP contribution < -0.4 is 15.5 Å². The summed E-state index contributed by atoms with van der Waals surface area (Å²) in [6.07, 6.45) is 5.00. The van der Waals surface area contributed by atoms with Gasteiger partial charge < -0.3 is 15.5 Å². The fraction of sp³-hybridized carbons (Fsp3) is 0.0882. The molecule has 0 aliphatic carbocycles. The standard InChI is InChI=1S/C34H26FN7O2/c35-27-13-2-1-12-26(27)33(44)37-23-9-5-8-22(20-23)31-32(42-18-4-3-14-29(42)40-31)28-16-17-36-34(39-28)38-24-10-6-11-25(21-24)41-19-7-15-30(41)43/h1-6,8-14,16-18,20-21H,7,15,19H2,(H,37,44)(H,36,38,39). The van der Waals surface area contributed by atoms with Crippen molar-refractivity contribution in [1.82, 2.24) is 19.4 Å². The lowest BCUT2D eigenvalue weighted by atomic mass is 10.1. The largest absolute Gasteiger partial charge is 0.324 e. The maximum atomic E-state index is 14.2. The van der Waals surface area contributed by atoms with Crippen molar-refractivity contribution in [2.24, 2.45) is 0 Å². The first-order valence-electron chi connectivity index (χ1n) is 14.2. The molecule has 0 spiro atoms. The summed E-state index contributed by atoms with van der Waals surface area (Å²) in [7, 11) is 0. The molecule has 3 aromatic carbocycles. The molecule has 6 aromatic rings. The van der Waals surface area contributed by atoms with Crippen LogP contribution in [0, 0.1) is 5.82 Å². The van der Waals surface area contributed by atoms with Crippen LogP contribution >= 0.6 is 0 Å². The van der Waals surface area contributed by atoms with E-state index in [2.05, 4.69) is 15.6 Å². The van der Waals surface area contributed by atoms with Crippen LogP contribution in [0.4, 0.5) is 27.4 Å². The molecular formula is C34H26FN7O2. The van der Waals surface area contributed by atoms with E-state index in [1.165, 1.54) is 12.1 Å². The molecule has 1 saturated heterocycles. The minimum Gasteiger partial charge on any atom is -0.324 e. The van der Waals surface area contributed by atoms with E-state index in [1.54, 1.807) is 35.4 Å². The van der Waals surface area contributed by atoms with Gasteiger partial charge in [0.15, 0.2) is 0 Å². The van der Waals surface area contributed by atoms with Gasteiger partial charge >= 0.3 is 0 Å². The Morgan fingerprint density at radius 2 is 1.70 bits per heavy atom. The SMILES string of the molecule is O=C(Nc1cccc(-c2nc3ccccn3c2-c2ccnc(Nc3cccc(N4CCCC4=O)c3)n2)c1)c1ccccc1F. The van der Waals surface area contributed by atoms with Gasteiger partial charge in [-0.1, -0.05) is 36.4 Å². The van der Waals surface area contributed by atoms with Gasteiger partial charge in [0.1, 0.15) is 11.5 Å². The topological polar surface area (TPSA) is 105 Å². The van der Waals surface area contributed by atoms with Crippen LogP contribution in [-0.2, 0) is 4.79 Å². The Hall–Kier alpha value is -5.90. The number of nitrogens with one attached hydrogen (secondary N) is 2. The van der Waals surface area contributed by atoms with Crippen LogP contribution in [0.2, 0.25) is 0 Å². The zero-order valence-electron chi connectivity index (χ0n) is 23.4. The molecule has 2 N–H and O–H groups in total. The first-order chi connectivity index (χ1) is 21.5. The summed E-state index contributed by atoms with van der Waals surface area (Å²) in [5.41, 5.74) is 5.53. The third-order valence-electron chi connectivity index (χ3n) is 7.43. The Morgan fingerprint density at radius 1 is 0.864 bits per heavy atom. The molecule has 44 heavy (non-hydrogen) atoms. The van der Waals surface area contributed by atoms with Crippen LogP contribution in [0.15, 0.2) is 109 Å². The number of carbonyl (C=O) groups is 2. The molecular weight excluding hydrogens is 557 g/mol. The van der Waals surface area contributed by atoms with Crippen molar-refractivity contribution in [1.29, 1.82) is 0 Å². The molecule has 7 rings (SSSR count). The third kappa shape index (κ3) is 5.24. The molecule has 216 valence electrons. The van der Waals surface area contributed by atoms with Crippen LogP contribution in [0.5, 0.6) is 0 Å². The van der Waals surface area contributed by atoms with E-state index in [0.717, 1.165) is 34.7 Å². The highest BCUT2D eigenvalue weighted by Gasteiger charge is 2.22. The number of rotatable bonds is 7. The number of benzene rings is 3. The van der Waals surface area contributed by atoms with Gasteiger partial charge in [-0.25, -0.2) is 19.3 Å². The van der Waals surface area contributed by atoms with Crippen LogP contribution in [0.3, 0.4) is 0 Å². The van der Waals surface area contributed by atoms with E-state index in [0.29, 0.717) is 36.0 Å². The van der Waals surface area contributed by atoms with E-state index in [-0.39, 0.29) is 11.5 Å².